The first-order chi connectivity index (χ1) is 6.91. The van der Waals surface area contributed by atoms with Crippen molar-refractivity contribution < 1.29 is 9.59 Å². The SMILES string of the molecule is CC(C)CCC(=O)CC(=O)CCC(C)C. The van der Waals surface area contributed by atoms with Gasteiger partial charge in [0.15, 0.2) is 0 Å². The minimum absolute atomic E-state index is 0.109. The molecule has 15 heavy (non-hydrogen) atoms. The predicted octanol–water partition coefficient (Wildman–Crippen LogP) is 3.39. The Bertz CT molecular complexity index is 183. The molecule has 0 saturated carbocycles. The van der Waals surface area contributed by atoms with Crippen LogP contribution in [0.15, 0.2) is 0 Å². The van der Waals surface area contributed by atoms with Crippen LogP contribution in [0, 0.1) is 11.8 Å². The Morgan fingerprint density at radius 1 is 0.800 bits per heavy atom. The van der Waals surface area contributed by atoms with Gasteiger partial charge in [-0.1, -0.05) is 27.7 Å². The lowest BCUT2D eigenvalue weighted by Gasteiger charge is -2.05. The van der Waals surface area contributed by atoms with Gasteiger partial charge in [0.25, 0.3) is 0 Å². The summed E-state index contributed by atoms with van der Waals surface area (Å²) in [7, 11) is 0. The highest BCUT2D eigenvalue weighted by atomic mass is 16.1. The first-order valence-electron chi connectivity index (χ1n) is 5.95. The Balaban J connectivity index is 3.63. The molecule has 0 radical (unpaired) electrons. The first kappa shape index (κ1) is 14.3. The number of ketones is 2. The average molecular weight is 212 g/mol. The van der Waals surface area contributed by atoms with Gasteiger partial charge in [-0.15, -0.1) is 0 Å². The summed E-state index contributed by atoms with van der Waals surface area (Å²) < 4.78 is 0. The van der Waals surface area contributed by atoms with Crippen molar-refractivity contribution in [3.05, 3.63) is 0 Å². The topological polar surface area (TPSA) is 34.1 Å². The zero-order chi connectivity index (χ0) is 11.8. The second kappa shape index (κ2) is 7.61. The molecule has 0 aromatic rings. The number of rotatable bonds is 8. The molecule has 0 amide bonds. The van der Waals surface area contributed by atoms with E-state index >= 15 is 0 Å². The summed E-state index contributed by atoms with van der Waals surface area (Å²) in [5, 5.41) is 0. The van der Waals surface area contributed by atoms with E-state index in [9.17, 15) is 9.59 Å². The van der Waals surface area contributed by atoms with Crippen LogP contribution in [0.5, 0.6) is 0 Å². The third-order valence-electron chi connectivity index (χ3n) is 2.40. The van der Waals surface area contributed by atoms with Crippen molar-refractivity contribution in [1.29, 1.82) is 0 Å². The molecular formula is C13H24O2. The van der Waals surface area contributed by atoms with Gasteiger partial charge in [0.05, 0.1) is 6.42 Å². The van der Waals surface area contributed by atoms with Crippen LogP contribution in [0.3, 0.4) is 0 Å². The summed E-state index contributed by atoms with van der Waals surface area (Å²) in [6.07, 6.45) is 3.07. The molecule has 0 N–H and O–H groups in total. The Kier molecular flexibility index (Phi) is 7.27. The fourth-order valence-corrected chi connectivity index (χ4v) is 1.30. The van der Waals surface area contributed by atoms with Crippen LogP contribution in [0.25, 0.3) is 0 Å². The summed E-state index contributed by atoms with van der Waals surface area (Å²) in [6.45, 7) is 8.36. The molecule has 0 fully saturated rings. The van der Waals surface area contributed by atoms with Crippen LogP contribution >= 0.6 is 0 Å². The van der Waals surface area contributed by atoms with Crippen LogP contribution in [0.2, 0.25) is 0 Å². The molecule has 0 bridgehead atoms. The first-order valence-corrected chi connectivity index (χ1v) is 5.95. The lowest BCUT2D eigenvalue weighted by molar-refractivity contribution is -0.127. The summed E-state index contributed by atoms with van der Waals surface area (Å²) in [5.74, 6) is 1.30. The maximum Gasteiger partial charge on any atom is 0.140 e. The largest absolute Gasteiger partial charge is 0.299 e. The fourth-order valence-electron chi connectivity index (χ4n) is 1.30. The predicted molar refractivity (Wildman–Crippen MR) is 62.8 cm³/mol. The second-order valence-electron chi connectivity index (χ2n) is 5.12. The molecule has 88 valence electrons. The third-order valence-corrected chi connectivity index (χ3v) is 2.40. The molecule has 0 aromatic carbocycles. The summed E-state index contributed by atoms with van der Waals surface area (Å²) in [4.78, 5) is 22.8. The van der Waals surface area contributed by atoms with E-state index in [0.717, 1.165) is 12.8 Å². The minimum atomic E-state index is 0.109. The maximum atomic E-state index is 11.4. The molecule has 0 rings (SSSR count). The van der Waals surface area contributed by atoms with Crippen molar-refractivity contribution in [3.8, 4) is 0 Å². The highest BCUT2D eigenvalue weighted by molar-refractivity contribution is 5.98. The molecular weight excluding hydrogens is 188 g/mol. The van der Waals surface area contributed by atoms with Gasteiger partial charge in [-0.3, -0.25) is 9.59 Å². The van der Waals surface area contributed by atoms with Crippen LogP contribution in [-0.2, 0) is 9.59 Å². The van der Waals surface area contributed by atoms with Crippen molar-refractivity contribution in [2.75, 3.05) is 0 Å². The maximum absolute atomic E-state index is 11.4. The highest BCUT2D eigenvalue weighted by Gasteiger charge is 2.10. The van der Waals surface area contributed by atoms with Crippen LogP contribution in [-0.4, -0.2) is 11.6 Å². The molecule has 0 unspecified atom stereocenters. The lowest BCUT2D eigenvalue weighted by atomic mass is 9.99. The van der Waals surface area contributed by atoms with Gasteiger partial charge in [-0.2, -0.15) is 0 Å². The van der Waals surface area contributed by atoms with Crippen molar-refractivity contribution in [3.63, 3.8) is 0 Å². The Morgan fingerprint density at radius 2 is 1.13 bits per heavy atom. The zero-order valence-electron chi connectivity index (χ0n) is 10.5. The zero-order valence-corrected chi connectivity index (χ0v) is 10.5. The molecule has 2 heteroatoms. The third kappa shape index (κ3) is 9.64. The quantitative estimate of drug-likeness (QED) is 0.578. The van der Waals surface area contributed by atoms with Gasteiger partial charge in [0.2, 0.25) is 0 Å². The smallest absolute Gasteiger partial charge is 0.140 e. The van der Waals surface area contributed by atoms with Gasteiger partial charge in [0, 0.05) is 12.8 Å². The van der Waals surface area contributed by atoms with Gasteiger partial charge >= 0.3 is 0 Å². The van der Waals surface area contributed by atoms with E-state index in [2.05, 4.69) is 27.7 Å². The van der Waals surface area contributed by atoms with Crippen molar-refractivity contribution >= 4 is 11.6 Å². The molecule has 0 aliphatic rings. The Labute approximate surface area is 93.4 Å². The van der Waals surface area contributed by atoms with Crippen molar-refractivity contribution in [1.82, 2.24) is 0 Å². The molecule has 0 saturated heterocycles. The lowest BCUT2D eigenvalue weighted by Crippen LogP contribution is -2.09. The van der Waals surface area contributed by atoms with Gasteiger partial charge in [0.1, 0.15) is 11.6 Å². The molecule has 0 heterocycles. The van der Waals surface area contributed by atoms with Crippen LogP contribution < -0.4 is 0 Å². The molecule has 0 aliphatic carbocycles. The Hall–Kier alpha value is -0.660. The molecule has 2 nitrogen and oxygen atoms in total. The molecule has 0 aromatic heterocycles. The van der Waals surface area contributed by atoms with E-state index in [-0.39, 0.29) is 18.0 Å². The standard InChI is InChI=1S/C13H24O2/c1-10(2)5-7-12(14)9-13(15)8-6-11(3)4/h10-11H,5-9H2,1-4H3. The number of hydrogen-bond acceptors (Lipinski definition) is 2. The van der Waals surface area contributed by atoms with Gasteiger partial charge in [-0.05, 0) is 24.7 Å². The van der Waals surface area contributed by atoms with E-state index < -0.39 is 0 Å². The van der Waals surface area contributed by atoms with Crippen molar-refractivity contribution in [2.24, 2.45) is 11.8 Å². The second-order valence-corrected chi connectivity index (χ2v) is 5.12. The monoisotopic (exact) mass is 212 g/mol. The van der Waals surface area contributed by atoms with Gasteiger partial charge < -0.3 is 0 Å². The van der Waals surface area contributed by atoms with E-state index in [1.165, 1.54) is 0 Å². The number of Topliss-reactive ketones (excluding diaryl/α,β-unsaturated/α-hetero) is 2. The molecule has 0 aliphatic heterocycles. The average Bonchev–Trinajstić information content (AvgIpc) is 2.11. The van der Waals surface area contributed by atoms with Crippen LogP contribution in [0.1, 0.15) is 59.8 Å². The van der Waals surface area contributed by atoms with E-state index in [1.54, 1.807) is 0 Å². The van der Waals surface area contributed by atoms with Gasteiger partial charge in [-0.25, -0.2) is 0 Å². The number of carbonyl (C=O) groups excluding carboxylic acids is 2. The van der Waals surface area contributed by atoms with E-state index in [1.807, 2.05) is 0 Å². The summed E-state index contributed by atoms with van der Waals surface area (Å²) in [6, 6.07) is 0. The fraction of sp³-hybridized carbons (Fsp3) is 0.846. The summed E-state index contributed by atoms with van der Waals surface area (Å²) >= 11 is 0. The normalized spacial score (nSPS) is 11.1. The number of carbonyl (C=O) groups is 2. The highest BCUT2D eigenvalue weighted by Crippen LogP contribution is 2.09. The summed E-state index contributed by atoms with van der Waals surface area (Å²) in [5.41, 5.74) is 0. The minimum Gasteiger partial charge on any atom is -0.299 e. The van der Waals surface area contributed by atoms with Crippen LogP contribution in [0.4, 0.5) is 0 Å². The van der Waals surface area contributed by atoms with Crippen molar-refractivity contribution in [2.45, 2.75) is 59.8 Å². The van der Waals surface area contributed by atoms with E-state index in [4.69, 9.17) is 0 Å². The number of hydrogen-bond donors (Lipinski definition) is 0. The van der Waals surface area contributed by atoms with E-state index in [0.29, 0.717) is 24.7 Å². The molecule has 0 spiro atoms. The Morgan fingerprint density at radius 3 is 1.40 bits per heavy atom. The molecule has 0 atom stereocenters.